The maximum Gasteiger partial charge on any atom is 0.231 e. The molecule has 7 nitrogen and oxygen atoms in total. The molecule has 3 heterocycles. The van der Waals surface area contributed by atoms with Gasteiger partial charge in [-0.3, -0.25) is 4.79 Å². The average molecular weight is 276 g/mol. The number of nitrogens with one attached hydrogen (secondary N) is 1. The molecule has 1 fully saturated rings. The van der Waals surface area contributed by atoms with Gasteiger partial charge in [-0.1, -0.05) is 11.3 Å². The Hall–Kier alpha value is -2.09. The van der Waals surface area contributed by atoms with Crippen molar-refractivity contribution in [2.45, 2.75) is 6.42 Å². The van der Waals surface area contributed by atoms with Gasteiger partial charge in [-0.05, 0) is 18.6 Å². The van der Waals surface area contributed by atoms with Crippen LogP contribution < -0.4 is 10.2 Å². The van der Waals surface area contributed by atoms with Crippen LogP contribution in [0.5, 0.6) is 0 Å². The molecule has 19 heavy (non-hydrogen) atoms. The summed E-state index contributed by atoms with van der Waals surface area (Å²) in [7, 11) is 0. The Morgan fingerprint density at radius 1 is 1.42 bits per heavy atom. The van der Waals surface area contributed by atoms with Crippen molar-refractivity contribution in [3.63, 3.8) is 0 Å². The van der Waals surface area contributed by atoms with E-state index in [0.29, 0.717) is 11.7 Å². The van der Waals surface area contributed by atoms with Crippen LogP contribution >= 0.6 is 11.3 Å². The summed E-state index contributed by atoms with van der Waals surface area (Å²) in [6, 6.07) is 3.75. The lowest BCUT2D eigenvalue weighted by atomic mass is 10.1. The SMILES string of the molecule is O=C(Nc1nncs1)[C@H]1CCN(c2cccnn2)C1. The van der Waals surface area contributed by atoms with Gasteiger partial charge in [0.2, 0.25) is 11.0 Å². The molecule has 0 spiro atoms. The zero-order chi connectivity index (χ0) is 13.1. The maximum atomic E-state index is 12.1. The molecule has 3 rings (SSSR count). The van der Waals surface area contributed by atoms with Crippen molar-refractivity contribution < 1.29 is 4.79 Å². The predicted molar refractivity (Wildman–Crippen MR) is 70.9 cm³/mol. The van der Waals surface area contributed by atoms with Gasteiger partial charge in [-0.15, -0.1) is 15.3 Å². The van der Waals surface area contributed by atoms with E-state index >= 15 is 0 Å². The number of hydrogen-bond acceptors (Lipinski definition) is 7. The van der Waals surface area contributed by atoms with Gasteiger partial charge in [0, 0.05) is 19.3 Å². The average Bonchev–Trinajstić information content (AvgIpc) is 3.10. The summed E-state index contributed by atoms with van der Waals surface area (Å²) in [6.07, 6.45) is 2.44. The minimum atomic E-state index is -0.0501. The molecule has 2 aromatic heterocycles. The molecule has 2 aromatic rings. The summed E-state index contributed by atoms with van der Waals surface area (Å²) in [6.45, 7) is 1.47. The van der Waals surface area contributed by atoms with E-state index in [1.807, 2.05) is 12.1 Å². The van der Waals surface area contributed by atoms with E-state index in [0.717, 1.165) is 18.8 Å². The topological polar surface area (TPSA) is 83.9 Å². The highest BCUT2D eigenvalue weighted by atomic mass is 32.1. The molecule has 0 bridgehead atoms. The lowest BCUT2D eigenvalue weighted by Gasteiger charge is -2.15. The molecule has 0 aromatic carbocycles. The van der Waals surface area contributed by atoms with Crippen molar-refractivity contribution in [1.82, 2.24) is 20.4 Å². The van der Waals surface area contributed by atoms with Gasteiger partial charge in [0.05, 0.1) is 5.92 Å². The van der Waals surface area contributed by atoms with Gasteiger partial charge in [-0.25, -0.2) is 0 Å². The summed E-state index contributed by atoms with van der Waals surface area (Å²) >= 11 is 1.32. The summed E-state index contributed by atoms with van der Waals surface area (Å²) in [5, 5.41) is 18.7. The summed E-state index contributed by atoms with van der Waals surface area (Å²) in [5.41, 5.74) is 1.59. The molecule has 8 heteroatoms. The van der Waals surface area contributed by atoms with Crippen molar-refractivity contribution in [3.05, 3.63) is 23.8 Å². The zero-order valence-corrected chi connectivity index (χ0v) is 10.9. The van der Waals surface area contributed by atoms with Gasteiger partial charge in [-0.2, -0.15) is 5.10 Å². The Morgan fingerprint density at radius 3 is 3.11 bits per heavy atom. The number of nitrogens with zero attached hydrogens (tertiary/aromatic N) is 5. The van der Waals surface area contributed by atoms with E-state index in [-0.39, 0.29) is 11.8 Å². The molecule has 0 radical (unpaired) electrons. The van der Waals surface area contributed by atoms with Gasteiger partial charge in [0.1, 0.15) is 5.51 Å². The van der Waals surface area contributed by atoms with E-state index < -0.39 is 0 Å². The Morgan fingerprint density at radius 2 is 2.37 bits per heavy atom. The fraction of sp³-hybridized carbons (Fsp3) is 0.364. The van der Waals surface area contributed by atoms with E-state index in [1.165, 1.54) is 11.3 Å². The third-order valence-corrected chi connectivity index (χ3v) is 3.64. The number of aromatic nitrogens is 4. The molecule has 1 amide bonds. The van der Waals surface area contributed by atoms with Crippen LogP contribution in [0, 0.1) is 5.92 Å². The number of anilines is 2. The Labute approximate surface area is 113 Å². The van der Waals surface area contributed by atoms with Crippen LogP contribution in [0.2, 0.25) is 0 Å². The van der Waals surface area contributed by atoms with Gasteiger partial charge < -0.3 is 10.2 Å². The van der Waals surface area contributed by atoms with Crippen molar-refractivity contribution in [2.75, 3.05) is 23.3 Å². The first kappa shape index (κ1) is 12.0. The maximum absolute atomic E-state index is 12.1. The predicted octanol–water partition coefficient (Wildman–Crippen LogP) is 0.793. The molecule has 0 saturated carbocycles. The van der Waals surface area contributed by atoms with E-state index in [2.05, 4.69) is 30.6 Å². The van der Waals surface area contributed by atoms with Gasteiger partial charge >= 0.3 is 0 Å². The third kappa shape index (κ3) is 2.68. The lowest BCUT2D eigenvalue weighted by Crippen LogP contribution is -2.27. The number of carbonyl (C=O) groups is 1. The van der Waals surface area contributed by atoms with E-state index in [4.69, 9.17) is 0 Å². The number of hydrogen-bond donors (Lipinski definition) is 1. The molecular weight excluding hydrogens is 264 g/mol. The minimum absolute atomic E-state index is 0.0110. The fourth-order valence-corrected chi connectivity index (χ4v) is 2.53. The molecular formula is C11H12N6OS. The van der Waals surface area contributed by atoms with Crippen molar-refractivity contribution in [3.8, 4) is 0 Å². The van der Waals surface area contributed by atoms with Crippen LogP contribution in [0.3, 0.4) is 0 Å². The largest absolute Gasteiger partial charge is 0.354 e. The molecule has 1 atom stereocenters. The fourth-order valence-electron chi connectivity index (χ4n) is 2.08. The second-order valence-corrected chi connectivity index (χ2v) is 5.08. The number of carbonyl (C=O) groups excluding carboxylic acids is 1. The molecule has 0 aliphatic carbocycles. The Bertz CT molecular complexity index is 546. The Balaban J connectivity index is 1.61. The number of rotatable bonds is 3. The minimum Gasteiger partial charge on any atom is -0.354 e. The lowest BCUT2D eigenvalue weighted by molar-refractivity contribution is -0.119. The normalized spacial score (nSPS) is 18.5. The van der Waals surface area contributed by atoms with Crippen LogP contribution in [0.1, 0.15) is 6.42 Å². The van der Waals surface area contributed by atoms with E-state index in [9.17, 15) is 4.79 Å². The number of amides is 1. The van der Waals surface area contributed by atoms with E-state index in [1.54, 1.807) is 11.7 Å². The van der Waals surface area contributed by atoms with Crippen LogP contribution in [0.15, 0.2) is 23.8 Å². The van der Waals surface area contributed by atoms with Gasteiger partial charge in [0.25, 0.3) is 0 Å². The summed E-state index contributed by atoms with van der Waals surface area (Å²) < 4.78 is 0. The molecule has 98 valence electrons. The second-order valence-electron chi connectivity index (χ2n) is 4.25. The monoisotopic (exact) mass is 276 g/mol. The van der Waals surface area contributed by atoms with Gasteiger partial charge in [0.15, 0.2) is 5.82 Å². The van der Waals surface area contributed by atoms with Crippen LogP contribution in [0.25, 0.3) is 0 Å². The zero-order valence-electron chi connectivity index (χ0n) is 10.1. The summed E-state index contributed by atoms with van der Waals surface area (Å²) in [5.74, 6) is 0.753. The van der Waals surface area contributed by atoms with Crippen molar-refractivity contribution >= 4 is 28.2 Å². The van der Waals surface area contributed by atoms with Crippen molar-refractivity contribution in [1.29, 1.82) is 0 Å². The second kappa shape index (κ2) is 5.27. The molecule has 0 unspecified atom stereocenters. The molecule has 1 N–H and O–H groups in total. The highest BCUT2D eigenvalue weighted by molar-refractivity contribution is 7.13. The highest BCUT2D eigenvalue weighted by Gasteiger charge is 2.29. The first-order valence-corrected chi connectivity index (χ1v) is 6.80. The molecule has 1 aliphatic rings. The van der Waals surface area contributed by atoms with Crippen LogP contribution in [-0.2, 0) is 4.79 Å². The summed E-state index contributed by atoms with van der Waals surface area (Å²) in [4.78, 5) is 14.1. The van der Waals surface area contributed by atoms with Crippen molar-refractivity contribution in [2.24, 2.45) is 5.92 Å². The van der Waals surface area contributed by atoms with Crippen LogP contribution in [-0.4, -0.2) is 39.4 Å². The highest BCUT2D eigenvalue weighted by Crippen LogP contribution is 2.22. The first-order valence-electron chi connectivity index (χ1n) is 5.92. The molecule has 1 aliphatic heterocycles. The Kier molecular flexibility index (Phi) is 3.32. The first-order chi connectivity index (χ1) is 9.33. The quantitative estimate of drug-likeness (QED) is 0.892. The molecule has 1 saturated heterocycles. The van der Waals surface area contributed by atoms with Crippen LogP contribution in [0.4, 0.5) is 10.9 Å². The third-order valence-electron chi connectivity index (χ3n) is 3.03. The standard InChI is InChI=1S/C11H12N6OS/c18-10(14-11-16-13-7-19-11)8-3-5-17(6-8)9-2-1-4-12-15-9/h1-2,4,7-8H,3,5-6H2,(H,14,16,18)/t8-/m0/s1. The smallest absolute Gasteiger partial charge is 0.231 e.